The van der Waals surface area contributed by atoms with Gasteiger partial charge in [-0.2, -0.15) is 0 Å². The van der Waals surface area contributed by atoms with Crippen LogP contribution in [0.2, 0.25) is 0 Å². The Morgan fingerprint density at radius 3 is 2.44 bits per heavy atom. The van der Waals surface area contributed by atoms with Gasteiger partial charge in [0.15, 0.2) is 0 Å². The van der Waals surface area contributed by atoms with Crippen molar-refractivity contribution in [3.8, 4) is 18.1 Å². The maximum Gasteiger partial charge on any atom is 0.122 e. The molecule has 0 spiro atoms. The lowest BCUT2D eigenvalue weighted by Crippen LogP contribution is -1.79. The zero-order chi connectivity index (χ0) is 13.0. The minimum atomic E-state index is 0.234. The van der Waals surface area contributed by atoms with Gasteiger partial charge in [-0.25, -0.2) is 0 Å². The monoisotopic (exact) mass is 234 g/mol. The second kappa shape index (κ2) is 5.25. The van der Waals surface area contributed by atoms with Crippen LogP contribution in [0, 0.1) is 19.3 Å². The number of phenolic OH excluding ortho intramolecular Hbond substituents is 1. The molecule has 88 valence electrons. The minimum absolute atomic E-state index is 0.234. The highest BCUT2D eigenvalue weighted by Gasteiger charge is 1.98. The van der Waals surface area contributed by atoms with E-state index in [4.69, 9.17) is 6.42 Å². The second-order valence-electron chi connectivity index (χ2n) is 4.16. The van der Waals surface area contributed by atoms with Gasteiger partial charge in [-0.1, -0.05) is 47.9 Å². The summed E-state index contributed by atoms with van der Waals surface area (Å²) in [6.45, 7) is 2.05. The lowest BCUT2D eigenvalue weighted by Gasteiger charge is -2.00. The standard InChI is InChI=1S/C17H14O/c1-3-14-9-11-17(18)16(12-14)10-8-15-6-4-13(2)5-7-15/h1,4-12,18H,2H3. The van der Waals surface area contributed by atoms with E-state index >= 15 is 0 Å². The summed E-state index contributed by atoms with van der Waals surface area (Å²) in [4.78, 5) is 0. The summed E-state index contributed by atoms with van der Waals surface area (Å²) in [7, 11) is 0. The maximum atomic E-state index is 9.73. The van der Waals surface area contributed by atoms with Gasteiger partial charge in [0.1, 0.15) is 5.75 Å². The van der Waals surface area contributed by atoms with Crippen LogP contribution in [0.15, 0.2) is 42.5 Å². The van der Waals surface area contributed by atoms with Crippen LogP contribution in [0.1, 0.15) is 22.3 Å². The number of hydrogen-bond donors (Lipinski definition) is 1. The van der Waals surface area contributed by atoms with Gasteiger partial charge in [0.2, 0.25) is 0 Å². The number of rotatable bonds is 2. The third-order valence-electron chi connectivity index (χ3n) is 2.73. The summed E-state index contributed by atoms with van der Waals surface area (Å²) in [6.07, 6.45) is 9.15. The van der Waals surface area contributed by atoms with Crippen LogP contribution >= 0.6 is 0 Å². The van der Waals surface area contributed by atoms with Crippen LogP contribution in [-0.4, -0.2) is 5.11 Å². The number of hydrogen-bond acceptors (Lipinski definition) is 1. The lowest BCUT2D eigenvalue weighted by molar-refractivity contribution is 0.474. The van der Waals surface area contributed by atoms with Crippen molar-refractivity contribution in [3.63, 3.8) is 0 Å². The molecule has 0 unspecified atom stereocenters. The molecule has 0 saturated carbocycles. The molecule has 0 radical (unpaired) electrons. The van der Waals surface area contributed by atoms with Gasteiger partial charge >= 0.3 is 0 Å². The number of phenols is 1. The minimum Gasteiger partial charge on any atom is -0.507 e. The van der Waals surface area contributed by atoms with E-state index in [0.29, 0.717) is 0 Å². The van der Waals surface area contributed by atoms with Crippen molar-refractivity contribution in [2.24, 2.45) is 0 Å². The Hall–Kier alpha value is -2.46. The summed E-state index contributed by atoms with van der Waals surface area (Å²) < 4.78 is 0. The van der Waals surface area contributed by atoms with E-state index in [1.165, 1.54) is 5.56 Å². The van der Waals surface area contributed by atoms with Gasteiger partial charge in [-0.15, -0.1) is 6.42 Å². The molecule has 1 N–H and O–H groups in total. The first kappa shape index (κ1) is 12.0. The van der Waals surface area contributed by atoms with Crippen LogP contribution in [-0.2, 0) is 0 Å². The molecular weight excluding hydrogens is 220 g/mol. The molecule has 1 heteroatoms. The Bertz CT molecular complexity index is 613. The summed E-state index contributed by atoms with van der Waals surface area (Å²) in [5.74, 6) is 2.79. The SMILES string of the molecule is C#Cc1ccc(O)c(C=Cc2ccc(C)cc2)c1. The normalized spacial score (nSPS) is 10.4. The van der Waals surface area contributed by atoms with Gasteiger partial charge in [-0.3, -0.25) is 0 Å². The lowest BCUT2D eigenvalue weighted by atomic mass is 10.1. The Balaban J connectivity index is 2.28. The average molecular weight is 234 g/mol. The number of aryl methyl sites for hydroxylation is 1. The molecule has 1 nitrogen and oxygen atoms in total. The highest BCUT2D eigenvalue weighted by molar-refractivity contribution is 5.73. The Labute approximate surface area is 107 Å². The predicted octanol–water partition coefficient (Wildman–Crippen LogP) is 3.85. The molecule has 0 fully saturated rings. The van der Waals surface area contributed by atoms with E-state index in [-0.39, 0.29) is 5.75 Å². The largest absolute Gasteiger partial charge is 0.507 e. The molecule has 0 aliphatic heterocycles. The molecule has 0 amide bonds. The number of aromatic hydroxyl groups is 1. The van der Waals surface area contributed by atoms with Crippen molar-refractivity contribution in [1.29, 1.82) is 0 Å². The molecule has 0 aliphatic rings. The van der Waals surface area contributed by atoms with Crippen molar-refractivity contribution >= 4 is 12.2 Å². The summed E-state index contributed by atoms with van der Waals surface area (Å²) in [6, 6.07) is 13.3. The maximum absolute atomic E-state index is 9.73. The smallest absolute Gasteiger partial charge is 0.122 e. The molecule has 18 heavy (non-hydrogen) atoms. The number of benzene rings is 2. The van der Waals surface area contributed by atoms with Gasteiger partial charge in [0.25, 0.3) is 0 Å². The number of terminal acetylenes is 1. The zero-order valence-electron chi connectivity index (χ0n) is 10.2. The van der Waals surface area contributed by atoms with E-state index < -0.39 is 0 Å². The molecule has 0 aliphatic carbocycles. The second-order valence-corrected chi connectivity index (χ2v) is 4.16. The summed E-state index contributed by atoms with van der Waals surface area (Å²) in [5.41, 5.74) is 3.80. The van der Waals surface area contributed by atoms with Gasteiger partial charge in [0, 0.05) is 11.1 Å². The Morgan fingerprint density at radius 1 is 1.06 bits per heavy atom. The Morgan fingerprint density at radius 2 is 1.78 bits per heavy atom. The zero-order valence-corrected chi connectivity index (χ0v) is 10.2. The van der Waals surface area contributed by atoms with Crippen LogP contribution in [0.4, 0.5) is 0 Å². The van der Waals surface area contributed by atoms with Crippen molar-refractivity contribution in [1.82, 2.24) is 0 Å². The molecule has 0 atom stereocenters. The van der Waals surface area contributed by atoms with Gasteiger partial charge in [0.05, 0.1) is 0 Å². The highest BCUT2D eigenvalue weighted by atomic mass is 16.3. The molecular formula is C17H14O. The van der Waals surface area contributed by atoms with Crippen molar-refractivity contribution in [2.75, 3.05) is 0 Å². The van der Waals surface area contributed by atoms with Crippen LogP contribution < -0.4 is 0 Å². The van der Waals surface area contributed by atoms with Gasteiger partial charge < -0.3 is 5.11 Å². The highest BCUT2D eigenvalue weighted by Crippen LogP contribution is 2.20. The van der Waals surface area contributed by atoms with Crippen molar-refractivity contribution in [2.45, 2.75) is 6.92 Å². The van der Waals surface area contributed by atoms with E-state index in [1.54, 1.807) is 18.2 Å². The predicted molar refractivity (Wildman–Crippen MR) is 76.1 cm³/mol. The summed E-state index contributed by atoms with van der Waals surface area (Å²) in [5, 5.41) is 9.73. The first-order valence-electron chi connectivity index (χ1n) is 5.73. The molecule has 0 saturated heterocycles. The third kappa shape index (κ3) is 2.81. The van der Waals surface area contributed by atoms with Crippen molar-refractivity contribution in [3.05, 3.63) is 64.7 Å². The van der Waals surface area contributed by atoms with E-state index in [1.807, 2.05) is 24.3 Å². The molecule has 0 heterocycles. The van der Waals surface area contributed by atoms with E-state index in [2.05, 4.69) is 25.0 Å². The van der Waals surface area contributed by atoms with Crippen LogP contribution in [0.5, 0.6) is 5.75 Å². The first-order chi connectivity index (χ1) is 8.69. The average Bonchev–Trinajstić information content (AvgIpc) is 2.40. The summed E-state index contributed by atoms with van der Waals surface area (Å²) >= 11 is 0. The molecule has 0 bridgehead atoms. The van der Waals surface area contributed by atoms with Crippen molar-refractivity contribution < 1.29 is 5.11 Å². The molecule has 2 aromatic rings. The fraction of sp³-hybridized carbons (Fsp3) is 0.0588. The molecule has 2 rings (SSSR count). The fourth-order valence-electron chi connectivity index (χ4n) is 1.64. The Kier molecular flexibility index (Phi) is 3.50. The van der Waals surface area contributed by atoms with Crippen LogP contribution in [0.3, 0.4) is 0 Å². The van der Waals surface area contributed by atoms with Crippen LogP contribution in [0.25, 0.3) is 12.2 Å². The topological polar surface area (TPSA) is 20.2 Å². The van der Waals surface area contributed by atoms with E-state index in [0.717, 1.165) is 16.7 Å². The third-order valence-corrected chi connectivity index (χ3v) is 2.73. The first-order valence-corrected chi connectivity index (χ1v) is 5.73. The molecule has 0 aromatic heterocycles. The van der Waals surface area contributed by atoms with Gasteiger partial charge in [-0.05, 0) is 30.7 Å². The fourth-order valence-corrected chi connectivity index (χ4v) is 1.64. The quantitative estimate of drug-likeness (QED) is 0.618. The molecule has 2 aromatic carbocycles. The van der Waals surface area contributed by atoms with E-state index in [9.17, 15) is 5.11 Å².